The maximum atomic E-state index is 3.52. The zero-order valence-electron chi connectivity index (χ0n) is 11.8. The van der Waals surface area contributed by atoms with E-state index in [0.717, 1.165) is 13.0 Å². The summed E-state index contributed by atoms with van der Waals surface area (Å²) >= 11 is 0. The van der Waals surface area contributed by atoms with Gasteiger partial charge < -0.3 is 10.2 Å². The first-order valence-corrected chi connectivity index (χ1v) is 6.58. The molecule has 0 amide bonds. The zero-order valence-corrected chi connectivity index (χ0v) is 11.8. The topological polar surface area (TPSA) is 15.3 Å². The minimum atomic E-state index is 0.550. The summed E-state index contributed by atoms with van der Waals surface area (Å²) in [6.45, 7) is 9.86. The number of nitrogens with zero attached hydrogens (tertiary/aromatic N) is 1. The lowest BCUT2D eigenvalue weighted by Crippen LogP contribution is -2.42. The summed E-state index contributed by atoms with van der Waals surface area (Å²) in [6, 6.07) is 9.69. The lowest BCUT2D eigenvalue weighted by molar-refractivity contribution is 0.502. The molecule has 0 radical (unpaired) electrons. The molecule has 0 bridgehead atoms. The highest BCUT2D eigenvalue weighted by molar-refractivity contribution is 5.53. The smallest absolute Gasteiger partial charge is 0.0408 e. The Morgan fingerprint density at radius 3 is 2.41 bits per heavy atom. The lowest BCUT2D eigenvalue weighted by atomic mass is 10.1. The Bertz CT molecular complexity index is 333. The number of hydrogen-bond acceptors (Lipinski definition) is 2. The molecule has 1 atom stereocenters. The van der Waals surface area contributed by atoms with Crippen LogP contribution in [0.5, 0.6) is 0 Å². The Morgan fingerprint density at radius 1 is 1.24 bits per heavy atom. The van der Waals surface area contributed by atoms with Crippen molar-refractivity contribution in [2.75, 3.05) is 18.5 Å². The summed E-state index contributed by atoms with van der Waals surface area (Å²) in [5.41, 5.74) is 2.68. The van der Waals surface area contributed by atoms with Gasteiger partial charge in [-0.3, -0.25) is 0 Å². The van der Waals surface area contributed by atoms with Gasteiger partial charge >= 0.3 is 0 Å². The van der Waals surface area contributed by atoms with Crippen LogP contribution in [0.1, 0.15) is 32.8 Å². The summed E-state index contributed by atoms with van der Waals surface area (Å²) in [5, 5.41) is 3.52. The fourth-order valence-corrected chi connectivity index (χ4v) is 2.08. The molecule has 0 aromatic heterocycles. The summed E-state index contributed by atoms with van der Waals surface area (Å²) in [6.07, 6.45) is 1.16. The number of benzene rings is 1. The third-order valence-corrected chi connectivity index (χ3v) is 3.28. The molecule has 0 saturated carbocycles. The number of rotatable bonds is 6. The van der Waals surface area contributed by atoms with Crippen molar-refractivity contribution in [3.8, 4) is 0 Å². The van der Waals surface area contributed by atoms with Crippen LogP contribution in [0, 0.1) is 6.92 Å². The van der Waals surface area contributed by atoms with E-state index in [9.17, 15) is 0 Å². The Labute approximate surface area is 106 Å². The maximum absolute atomic E-state index is 3.52. The van der Waals surface area contributed by atoms with Gasteiger partial charge in [-0.25, -0.2) is 0 Å². The van der Waals surface area contributed by atoms with E-state index in [1.54, 1.807) is 0 Å². The van der Waals surface area contributed by atoms with Crippen LogP contribution >= 0.6 is 0 Å². The van der Waals surface area contributed by atoms with Crippen molar-refractivity contribution in [3.63, 3.8) is 0 Å². The van der Waals surface area contributed by atoms with E-state index in [1.165, 1.54) is 11.3 Å². The molecule has 0 saturated heterocycles. The molecule has 2 nitrogen and oxygen atoms in total. The minimum Gasteiger partial charge on any atom is -0.370 e. The minimum absolute atomic E-state index is 0.550. The Hall–Kier alpha value is -1.02. The summed E-state index contributed by atoms with van der Waals surface area (Å²) in [5.74, 6) is 0. The van der Waals surface area contributed by atoms with Crippen LogP contribution < -0.4 is 10.2 Å². The van der Waals surface area contributed by atoms with Crippen LogP contribution in [0.3, 0.4) is 0 Å². The van der Waals surface area contributed by atoms with Gasteiger partial charge in [0.05, 0.1) is 0 Å². The average Bonchev–Trinajstić information content (AvgIpc) is 2.29. The van der Waals surface area contributed by atoms with Gasteiger partial charge in [-0.05, 0) is 25.0 Å². The molecular weight excluding hydrogens is 208 g/mol. The van der Waals surface area contributed by atoms with Gasteiger partial charge in [-0.2, -0.15) is 0 Å². The first-order valence-electron chi connectivity index (χ1n) is 6.58. The van der Waals surface area contributed by atoms with Crippen LogP contribution in [-0.2, 0) is 0 Å². The number of para-hydroxylation sites is 1. The van der Waals surface area contributed by atoms with Crippen LogP contribution in [0.25, 0.3) is 0 Å². The van der Waals surface area contributed by atoms with E-state index in [0.29, 0.717) is 12.1 Å². The van der Waals surface area contributed by atoms with Gasteiger partial charge in [0.2, 0.25) is 0 Å². The molecule has 0 fully saturated rings. The van der Waals surface area contributed by atoms with Crippen molar-refractivity contribution in [1.29, 1.82) is 0 Å². The van der Waals surface area contributed by atoms with Crippen LogP contribution in [0.2, 0.25) is 0 Å². The van der Waals surface area contributed by atoms with Crippen molar-refractivity contribution in [3.05, 3.63) is 29.8 Å². The fourth-order valence-electron chi connectivity index (χ4n) is 2.08. The van der Waals surface area contributed by atoms with Gasteiger partial charge in [-0.15, -0.1) is 0 Å². The molecule has 1 aromatic carbocycles. The molecule has 1 aromatic rings. The third kappa shape index (κ3) is 4.04. The van der Waals surface area contributed by atoms with Crippen LogP contribution in [-0.4, -0.2) is 25.7 Å². The van der Waals surface area contributed by atoms with Gasteiger partial charge in [0.15, 0.2) is 0 Å². The molecule has 1 unspecified atom stereocenters. The first-order chi connectivity index (χ1) is 8.06. The molecule has 1 rings (SSSR count). The molecule has 96 valence electrons. The summed E-state index contributed by atoms with van der Waals surface area (Å²) in [7, 11) is 2.19. The van der Waals surface area contributed by atoms with Crippen LogP contribution in [0.4, 0.5) is 5.69 Å². The normalized spacial score (nSPS) is 12.8. The molecule has 17 heavy (non-hydrogen) atoms. The van der Waals surface area contributed by atoms with Gasteiger partial charge in [0.25, 0.3) is 0 Å². The SMILES string of the molecule is CCC(CNC(C)C)N(C)c1ccccc1C. The highest BCUT2D eigenvalue weighted by Crippen LogP contribution is 2.20. The maximum Gasteiger partial charge on any atom is 0.0408 e. The second-order valence-corrected chi connectivity index (χ2v) is 5.02. The highest BCUT2D eigenvalue weighted by Gasteiger charge is 2.14. The highest BCUT2D eigenvalue weighted by atomic mass is 15.2. The Balaban J connectivity index is 2.72. The monoisotopic (exact) mass is 234 g/mol. The number of nitrogens with one attached hydrogen (secondary N) is 1. The second kappa shape index (κ2) is 6.65. The van der Waals surface area contributed by atoms with E-state index in [-0.39, 0.29) is 0 Å². The van der Waals surface area contributed by atoms with Crippen molar-refractivity contribution in [2.45, 2.75) is 46.2 Å². The van der Waals surface area contributed by atoms with Crippen LogP contribution in [0.15, 0.2) is 24.3 Å². The van der Waals surface area contributed by atoms with Gasteiger partial charge in [0.1, 0.15) is 0 Å². The van der Waals surface area contributed by atoms with E-state index in [1.807, 2.05) is 0 Å². The quantitative estimate of drug-likeness (QED) is 0.813. The summed E-state index contributed by atoms with van der Waals surface area (Å²) in [4.78, 5) is 2.39. The molecule has 2 heteroatoms. The third-order valence-electron chi connectivity index (χ3n) is 3.28. The second-order valence-electron chi connectivity index (χ2n) is 5.02. The lowest BCUT2D eigenvalue weighted by Gasteiger charge is -2.31. The van der Waals surface area contributed by atoms with E-state index in [2.05, 4.69) is 69.2 Å². The Morgan fingerprint density at radius 2 is 1.88 bits per heavy atom. The number of likely N-dealkylation sites (N-methyl/N-ethyl adjacent to an activating group) is 1. The zero-order chi connectivity index (χ0) is 12.8. The fraction of sp³-hybridized carbons (Fsp3) is 0.600. The first kappa shape index (κ1) is 14.0. The predicted molar refractivity (Wildman–Crippen MR) is 76.8 cm³/mol. The number of anilines is 1. The number of hydrogen-bond donors (Lipinski definition) is 1. The van der Waals surface area contributed by atoms with Crippen molar-refractivity contribution in [2.24, 2.45) is 0 Å². The van der Waals surface area contributed by atoms with E-state index >= 15 is 0 Å². The predicted octanol–water partition coefficient (Wildman–Crippen LogP) is 3.21. The van der Waals surface area contributed by atoms with Crippen molar-refractivity contribution in [1.82, 2.24) is 5.32 Å². The van der Waals surface area contributed by atoms with E-state index < -0.39 is 0 Å². The standard InChI is InChI=1S/C15H26N2/c1-6-14(11-16-12(2)3)17(5)15-10-8-7-9-13(15)4/h7-10,12,14,16H,6,11H2,1-5H3. The van der Waals surface area contributed by atoms with Gasteiger partial charge in [0, 0.05) is 31.4 Å². The molecular formula is C15H26N2. The molecule has 0 aliphatic heterocycles. The molecule has 0 heterocycles. The van der Waals surface area contributed by atoms with Crippen molar-refractivity contribution >= 4 is 5.69 Å². The molecule has 0 aliphatic carbocycles. The molecule has 0 aliphatic rings. The van der Waals surface area contributed by atoms with E-state index in [4.69, 9.17) is 0 Å². The summed E-state index contributed by atoms with van der Waals surface area (Å²) < 4.78 is 0. The average molecular weight is 234 g/mol. The largest absolute Gasteiger partial charge is 0.370 e. The number of aryl methyl sites for hydroxylation is 1. The van der Waals surface area contributed by atoms with Crippen molar-refractivity contribution < 1.29 is 0 Å². The molecule has 0 spiro atoms. The Kier molecular flexibility index (Phi) is 5.49. The van der Waals surface area contributed by atoms with Gasteiger partial charge in [-0.1, -0.05) is 39.0 Å². The molecule has 1 N–H and O–H groups in total.